The Morgan fingerprint density at radius 3 is 1.92 bits per heavy atom. The van der Waals surface area contributed by atoms with E-state index in [4.69, 9.17) is 9.47 Å². The molecule has 0 heterocycles. The van der Waals surface area contributed by atoms with Gasteiger partial charge < -0.3 is 14.8 Å². The number of ether oxygens (including phenoxy) is 2. The molecule has 1 N–H and O–H groups in total. The van der Waals surface area contributed by atoms with E-state index in [1.54, 1.807) is 24.3 Å². The lowest BCUT2D eigenvalue weighted by atomic mass is 10.1. The number of nitrogens with one attached hydrogen (secondary N) is 1. The number of hydrogen-bond donors (Lipinski definition) is 1. The van der Waals surface area contributed by atoms with Crippen LogP contribution in [0.3, 0.4) is 0 Å². The van der Waals surface area contributed by atoms with Crippen molar-refractivity contribution >= 4 is 23.5 Å². The number of benzene rings is 3. The smallest absolute Gasteiger partial charge is 0.338 e. The predicted molar refractivity (Wildman–Crippen MR) is 138 cm³/mol. The largest absolute Gasteiger partial charge is 0.462 e. The van der Waals surface area contributed by atoms with E-state index in [0.717, 1.165) is 24.0 Å². The van der Waals surface area contributed by atoms with Crippen LogP contribution in [0.4, 0.5) is 5.69 Å². The fraction of sp³-hybridized carbons (Fsp3) is 0.276. The summed E-state index contributed by atoms with van der Waals surface area (Å²) in [4.78, 5) is 38.8. The van der Waals surface area contributed by atoms with Gasteiger partial charge in [0.25, 0.3) is 5.91 Å². The number of carbonyl (C=O) groups excluding carboxylic acids is 3. The van der Waals surface area contributed by atoms with E-state index in [-0.39, 0.29) is 6.54 Å². The van der Waals surface area contributed by atoms with Gasteiger partial charge in [-0.25, -0.2) is 4.79 Å². The van der Waals surface area contributed by atoms with Gasteiger partial charge in [-0.05, 0) is 41.8 Å². The Morgan fingerprint density at radius 2 is 1.36 bits per heavy atom. The number of esters is 2. The fourth-order valence-corrected chi connectivity index (χ4v) is 3.50. The van der Waals surface area contributed by atoms with Gasteiger partial charge >= 0.3 is 11.9 Å². The molecule has 0 aliphatic heterocycles. The maximum absolute atomic E-state index is 12.5. The lowest BCUT2D eigenvalue weighted by Gasteiger charge is -2.21. The first kappa shape index (κ1) is 26.6. The Hall–Kier alpha value is -3.97. The van der Waals surface area contributed by atoms with Gasteiger partial charge in [0.15, 0.2) is 6.61 Å². The predicted octanol–water partition coefficient (Wildman–Crippen LogP) is 4.83. The zero-order chi connectivity index (χ0) is 25.6. The number of nitrogens with zero attached hydrogens (tertiary/aromatic N) is 1. The van der Waals surface area contributed by atoms with Crippen LogP contribution in [0.2, 0.25) is 0 Å². The van der Waals surface area contributed by atoms with Crippen molar-refractivity contribution in [2.45, 2.75) is 32.9 Å². The van der Waals surface area contributed by atoms with Gasteiger partial charge in [-0.2, -0.15) is 0 Å². The van der Waals surface area contributed by atoms with E-state index in [9.17, 15) is 14.4 Å². The summed E-state index contributed by atoms with van der Waals surface area (Å²) in [6, 6.07) is 26.1. The topological polar surface area (TPSA) is 84.9 Å². The van der Waals surface area contributed by atoms with E-state index in [0.29, 0.717) is 30.9 Å². The first-order chi connectivity index (χ1) is 17.5. The molecular formula is C29H32N2O5. The summed E-state index contributed by atoms with van der Waals surface area (Å²) in [5, 5.41) is 2.67. The Bertz CT molecular complexity index is 1060. The zero-order valence-corrected chi connectivity index (χ0v) is 20.5. The van der Waals surface area contributed by atoms with Crippen molar-refractivity contribution in [3.05, 3.63) is 102 Å². The quantitative estimate of drug-likeness (QED) is 0.274. The second kappa shape index (κ2) is 14.4. The monoisotopic (exact) mass is 488 g/mol. The molecule has 188 valence electrons. The van der Waals surface area contributed by atoms with Crippen LogP contribution in [0.25, 0.3) is 0 Å². The SMILES string of the molecule is CCCCOC(=O)c1ccc(NC(=O)COC(=O)CN(Cc2ccccc2)Cc2ccccc2)cc1. The highest BCUT2D eigenvalue weighted by Gasteiger charge is 2.15. The summed E-state index contributed by atoms with van der Waals surface area (Å²) < 4.78 is 10.4. The lowest BCUT2D eigenvalue weighted by Crippen LogP contribution is -2.32. The normalized spacial score (nSPS) is 10.6. The Labute approximate surface area is 212 Å². The van der Waals surface area contributed by atoms with Gasteiger partial charge in [0.05, 0.1) is 18.7 Å². The molecule has 0 aliphatic carbocycles. The Morgan fingerprint density at radius 1 is 0.778 bits per heavy atom. The summed E-state index contributed by atoms with van der Waals surface area (Å²) >= 11 is 0. The van der Waals surface area contributed by atoms with Crippen LogP contribution in [-0.2, 0) is 32.2 Å². The number of carbonyl (C=O) groups is 3. The highest BCUT2D eigenvalue weighted by molar-refractivity contribution is 5.94. The number of hydrogen-bond acceptors (Lipinski definition) is 6. The molecule has 3 aromatic carbocycles. The maximum Gasteiger partial charge on any atom is 0.338 e. The minimum atomic E-state index is -0.484. The molecule has 0 saturated carbocycles. The lowest BCUT2D eigenvalue weighted by molar-refractivity contribution is -0.148. The second-order valence-corrected chi connectivity index (χ2v) is 8.39. The number of amides is 1. The van der Waals surface area contributed by atoms with Crippen LogP contribution in [-0.4, -0.2) is 42.5 Å². The van der Waals surface area contributed by atoms with Gasteiger partial charge in [-0.3, -0.25) is 14.5 Å². The van der Waals surface area contributed by atoms with Crippen molar-refractivity contribution in [3.8, 4) is 0 Å². The first-order valence-electron chi connectivity index (χ1n) is 12.1. The molecule has 3 rings (SSSR count). The van der Waals surface area contributed by atoms with Crippen LogP contribution in [0.1, 0.15) is 41.3 Å². The van der Waals surface area contributed by atoms with E-state index in [2.05, 4.69) is 5.32 Å². The van der Waals surface area contributed by atoms with Crippen LogP contribution in [0.5, 0.6) is 0 Å². The Kier molecular flexibility index (Phi) is 10.7. The number of unbranched alkanes of at least 4 members (excludes halogenated alkanes) is 1. The van der Waals surface area contributed by atoms with Crippen molar-refractivity contribution in [3.63, 3.8) is 0 Å². The molecule has 0 unspecified atom stereocenters. The molecule has 0 atom stereocenters. The van der Waals surface area contributed by atoms with Crippen LogP contribution in [0.15, 0.2) is 84.9 Å². The molecule has 1 amide bonds. The summed E-state index contributed by atoms with van der Waals surface area (Å²) in [7, 11) is 0. The van der Waals surface area contributed by atoms with Gasteiger partial charge in [0.1, 0.15) is 0 Å². The maximum atomic E-state index is 12.5. The molecule has 0 bridgehead atoms. The molecular weight excluding hydrogens is 456 g/mol. The van der Waals surface area contributed by atoms with E-state index in [1.165, 1.54) is 0 Å². The molecule has 0 saturated heterocycles. The van der Waals surface area contributed by atoms with Gasteiger partial charge in [-0.1, -0.05) is 74.0 Å². The third-order valence-corrected chi connectivity index (χ3v) is 5.35. The summed E-state index contributed by atoms with van der Waals surface area (Å²) in [5.41, 5.74) is 3.07. The molecule has 7 nitrogen and oxygen atoms in total. The number of rotatable bonds is 13. The summed E-state index contributed by atoms with van der Waals surface area (Å²) in [5.74, 6) is -1.34. The van der Waals surface area contributed by atoms with E-state index in [1.807, 2.05) is 72.5 Å². The van der Waals surface area contributed by atoms with Crippen molar-refractivity contribution in [1.82, 2.24) is 4.90 Å². The highest BCUT2D eigenvalue weighted by Crippen LogP contribution is 2.12. The molecule has 0 aromatic heterocycles. The van der Waals surface area contributed by atoms with Crippen LogP contribution in [0, 0.1) is 0 Å². The van der Waals surface area contributed by atoms with Crippen molar-refractivity contribution in [2.24, 2.45) is 0 Å². The highest BCUT2D eigenvalue weighted by atomic mass is 16.5. The molecule has 0 aliphatic rings. The molecule has 36 heavy (non-hydrogen) atoms. The second-order valence-electron chi connectivity index (χ2n) is 8.39. The average molecular weight is 489 g/mol. The van der Waals surface area contributed by atoms with Crippen molar-refractivity contribution in [2.75, 3.05) is 25.1 Å². The van der Waals surface area contributed by atoms with E-state index >= 15 is 0 Å². The standard InChI is InChI=1S/C29H32N2O5/c1-2-3-18-35-29(34)25-14-16-26(17-15-25)30-27(32)22-36-28(33)21-31(19-23-10-6-4-7-11-23)20-24-12-8-5-9-13-24/h4-17H,2-3,18-22H2,1H3,(H,30,32). The van der Waals surface area contributed by atoms with Crippen LogP contribution >= 0.6 is 0 Å². The summed E-state index contributed by atoms with van der Waals surface area (Å²) in [6.45, 7) is 3.20. The fourth-order valence-electron chi connectivity index (χ4n) is 3.50. The minimum Gasteiger partial charge on any atom is -0.462 e. The Balaban J connectivity index is 1.48. The van der Waals surface area contributed by atoms with Gasteiger partial charge in [0.2, 0.25) is 0 Å². The third-order valence-electron chi connectivity index (χ3n) is 5.35. The van der Waals surface area contributed by atoms with Crippen LogP contribution < -0.4 is 5.32 Å². The molecule has 0 fully saturated rings. The van der Waals surface area contributed by atoms with Gasteiger partial charge in [-0.15, -0.1) is 0 Å². The van der Waals surface area contributed by atoms with Crippen molar-refractivity contribution in [1.29, 1.82) is 0 Å². The molecule has 3 aromatic rings. The minimum absolute atomic E-state index is 0.0475. The number of anilines is 1. The average Bonchev–Trinajstić information content (AvgIpc) is 2.89. The van der Waals surface area contributed by atoms with Crippen molar-refractivity contribution < 1.29 is 23.9 Å². The summed E-state index contributed by atoms with van der Waals surface area (Å²) in [6.07, 6.45) is 1.76. The van der Waals surface area contributed by atoms with Gasteiger partial charge in [0, 0.05) is 18.8 Å². The third kappa shape index (κ3) is 9.35. The molecule has 7 heteroatoms. The molecule has 0 radical (unpaired) electrons. The van der Waals surface area contributed by atoms with E-state index < -0.39 is 24.5 Å². The molecule has 0 spiro atoms. The zero-order valence-electron chi connectivity index (χ0n) is 20.5. The first-order valence-corrected chi connectivity index (χ1v) is 12.1.